The highest BCUT2D eigenvalue weighted by Crippen LogP contribution is 2.34. The summed E-state index contributed by atoms with van der Waals surface area (Å²) in [5.41, 5.74) is 3.49. The Morgan fingerprint density at radius 3 is 2.39 bits per heavy atom. The molecule has 0 spiro atoms. The number of hydrogen-bond donors (Lipinski definition) is 0. The number of anilines is 2. The number of Topliss-reactive ketones (excluding diaryl/α,β-unsaturated/α-hetero) is 1. The van der Waals surface area contributed by atoms with Gasteiger partial charge in [-0.2, -0.15) is 0 Å². The van der Waals surface area contributed by atoms with E-state index in [0.717, 1.165) is 61.3 Å². The highest BCUT2D eigenvalue weighted by Gasteiger charge is 2.31. The molecule has 2 aromatic heterocycles. The number of piperazine rings is 1. The van der Waals surface area contributed by atoms with E-state index in [1.165, 1.54) is 0 Å². The van der Waals surface area contributed by atoms with Crippen molar-refractivity contribution in [1.82, 2.24) is 15.0 Å². The van der Waals surface area contributed by atoms with Crippen molar-refractivity contribution in [3.05, 3.63) is 76.2 Å². The van der Waals surface area contributed by atoms with Crippen molar-refractivity contribution in [2.45, 2.75) is 25.7 Å². The second-order valence-corrected chi connectivity index (χ2v) is 8.61. The van der Waals surface area contributed by atoms with Gasteiger partial charge >= 0.3 is 0 Å². The maximum absolute atomic E-state index is 12.9. The zero-order valence-electron chi connectivity index (χ0n) is 17.5. The van der Waals surface area contributed by atoms with E-state index in [1.54, 1.807) is 0 Å². The van der Waals surface area contributed by atoms with Gasteiger partial charge in [-0.25, -0.2) is 15.0 Å². The summed E-state index contributed by atoms with van der Waals surface area (Å²) in [5, 5.41) is 0.705. The van der Waals surface area contributed by atoms with Crippen LogP contribution in [-0.4, -0.2) is 46.9 Å². The van der Waals surface area contributed by atoms with Crippen molar-refractivity contribution in [2.24, 2.45) is 0 Å². The number of carbonyl (C=O) groups excluding carboxylic acids is 1. The Morgan fingerprint density at radius 2 is 1.68 bits per heavy atom. The second kappa shape index (κ2) is 8.27. The quantitative estimate of drug-likeness (QED) is 0.620. The SMILES string of the molecule is Cc1nc(N2CCN(c3ccccn3)CC2)nc2c1C(=O)CC(c1ccc(Cl)cc1)C2. The predicted octanol–water partition coefficient (Wildman–Crippen LogP) is 4.07. The largest absolute Gasteiger partial charge is 0.353 e. The van der Waals surface area contributed by atoms with E-state index in [0.29, 0.717) is 17.0 Å². The summed E-state index contributed by atoms with van der Waals surface area (Å²) >= 11 is 6.04. The maximum atomic E-state index is 12.9. The zero-order valence-corrected chi connectivity index (χ0v) is 18.2. The average molecular weight is 434 g/mol. The van der Waals surface area contributed by atoms with Gasteiger partial charge in [0, 0.05) is 43.8 Å². The summed E-state index contributed by atoms with van der Waals surface area (Å²) in [7, 11) is 0. The monoisotopic (exact) mass is 433 g/mol. The number of halogens is 1. The molecule has 6 nitrogen and oxygen atoms in total. The minimum Gasteiger partial charge on any atom is -0.353 e. The third-order valence-electron chi connectivity index (χ3n) is 6.18. The van der Waals surface area contributed by atoms with Crippen molar-refractivity contribution in [3.8, 4) is 0 Å². The van der Waals surface area contributed by atoms with Crippen LogP contribution in [0.4, 0.5) is 11.8 Å². The molecule has 1 unspecified atom stereocenters. The number of carbonyl (C=O) groups is 1. The molecule has 0 amide bonds. The van der Waals surface area contributed by atoms with E-state index in [1.807, 2.05) is 55.6 Å². The second-order valence-electron chi connectivity index (χ2n) is 8.17. The molecule has 0 radical (unpaired) electrons. The lowest BCUT2D eigenvalue weighted by molar-refractivity contribution is 0.0962. The van der Waals surface area contributed by atoms with E-state index in [2.05, 4.69) is 14.8 Å². The summed E-state index contributed by atoms with van der Waals surface area (Å²) in [6.45, 7) is 5.30. The summed E-state index contributed by atoms with van der Waals surface area (Å²) < 4.78 is 0. The molecule has 158 valence electrons. The minimum atomic E-state index is 0.125. The third-order valence-corrected chi connectivity index (χ3v) is 6.43. The van der Waals surface area contributed by atoms with Crippen LogP contribution in [-0.2, 0) is 6.42 Å². The lowest BCUT2D eigenvalue weighted by Gasteiger charge is -2.36. The molecule has 7 heteroatoms. The molecular weight excluding hydrogens is 410 g/mol. The Labute approximate surface area is 186 Å². The van der Waals surface area contributed by atoms with Crippen LogP contribution in [0.25, 0.3) is 0 Å². The van der Waals surface area contributed by atoms with Crippen LogP contribution < -0.4 is 9.80 Å². The first-order valence-electron chi connectivity index (χ1n) is 10.7. The fourth-order valence-electron chi connectivity index (χ4n) is 4.55. The number of hydrogen-bond acceptors (Lipinski definition) is 6. The molecule has 1 aromatic carbocycles. The fraction of sp³-hybridized carbons (Fsp3) is 0.333. The van der Waals surface area contributed by atoms with Gasteiger partial charge in [-0.1, -0.05) is 29.8 Å². The first-order valence-corrected chi connectivity index (χ1v) is 11.0. The van der Waals surface area contributed by atoms with Gasteiger partial charge in [-0.3, -0.25) is 4.79 Å². The van der Waals surface area contributed by atoms with Gasteiger partial charge in [0.1, 0.15) is 5.82 Å². The molecule has 1 atom stereocenters. The Morgan fingerprint density at radius 1 is 0.935 bits per heavy atom. The number of benzene rings is 1. The predicted molar refractivity (Wildman–Crippen MR) is 122 cm³/mol. The summed E-state index contributed by atoms with van der Waals surface area (Å²) in [6, 6.07) is 13.8. The summed E-state index contributed by atoms with van der Waals surface area (Å²) in [5.74, 6) is 1.98. The lowest BCUT2D eigenvalue weighted by Crippen LogP contribution is -2.47. The Balaban J connectivity index is 1.36. The van der Waals surface area contributed by atoms with Gasteiger partial charge in [0.15, 0.2) is 5.78 Å². The van der Waals surface area contributed by atoms with Gasteiger partial charge in [0.2, 0.25) is 5.95 Å². The van der Waals surface area contributed by atoms with Crippen LogP contribution in [0.5, 0.6) is 0 Å². The topological polar surface area (TPSA) is 62.2 Å². The number of aromatic nitrogens is 3. The molecular formula is C24H24ClN5O. The van der Waals surface area contributed by atoms with E-state index in [4.69, 9.17) is 21.6 Å². The molecule has 1 aliphatic heterocycles. The third kappa shape index (κ3) is 4.00. The standard InChI is InChI=1S/C24H24ClN5O/c1-16-23-20(14-18(15-21(23)31)17-5-7-19(25)8-6-17)28-24(27-16)30-12-10-29(11-13-30)22-4-2-3-9-26-22/h2-9,18H,10-15H2,1H3. The first-order chi connectivity index (χ1) is 15.1. The molecule has 2 aliphatic rings. The van der Waals surface area contributed by atoms with Gasteiger partial charge in [-0.15, -0.1) is 0 Å². The molecule has 1 saturated heterocycles. The van der Waals surface area contributed by atoms with Crippen LogP contribution in [0.15, 0.2) is 48.7 Å². The van der Waals surface area contributed by atoms with Crippen LogP contribution in [0.3, 0.4) is 0 Å². The Kier molecular flexibility index (Phi) is 5.32. The fourth-order valence-corrected chi connectivity index (χ4v) is 4.67. The normalized spacial score (nSPS) is 18.8. The number of rotatable bonds is 3. The lowest BCUT2D eigenvalue weighted by atomic mass is 9.81. The van der Waals surface area contributed by atoms with Crippen LogP contribution >= 0.6 is 11.6 Å². The first kappa shape index (κ1) is 19.9. The van der Waals surface area contributed by atoms with Crippen molar-refractivity contribution >= 4 is 29.2 Å². The van der Waals surface area contributed by atoms with Crippen LogP contribution in [0, 0.1) is 6.92 Å². The maximum Gasteiger partial charge on any atom is 0.225 e. The number of aryl methyl sites for hydroxylation is 1. The average Bonchev–Trinajstić information content (AvgIpc) is 2.79. The van der Waals surface area contributed by atoms with Crippen molar-refractivity contribution in [2.75, 3.05) is 36.0 Å². The van der Waals surface area contributed by atoms with Gasteiger partial charge in [0.25, 0.3) is 0 Å². The van der Waals surface area contributed by atoms with Gasteiger partial charge in [0.05, 0.1) is 17.0 Å². The molecule has 5 rings (SSSR count). The number of fused-ring (bicyclic) bond motifs is 1. The van der Waals surface area contributed by atoms with Crippen LogP contribution in [0.2, 0.25) is 5.02 Å². The van der Waals surface area contributed by atoms with Crippen molar-refractivity contribution in [1.29, 1.82) is 0 Å². The molecule has 0 saturated carbocycles. The Bertz CT molecular complexity index is 1090. The van der Waals surface area contributed by atoms with E-state index in [-0.39, 0.29) is 11.7 Å². The minimum absolute atomic E-state index is 0.125. The van der Waals surface area contributed by atoms with E-state index < -0.39 is 0 Å². The molecule has 1 fully saturated rings. The highest BCUT2D eigenvalue weighted by atomic mass is 35.5. The Hall–Kier alpha value is -2.99. The van der Waals surface area contributed by atoms with Crippen molar-refractivity contribution < 1.29 is 4.79 Å². The molecule has 1 aliphatic carbocycles. The van der Waals surface area contributed by atoms with Gasteiger partial charge in [-0.05, 0) is 49.1 Å². The molecule has 3 heterocycles. The molecule has 0 bridgehead atoms. The van der Waals surface area contributed by atoms with Crippen molar-refractivity contribution in [3.63, 3.8) is 0 Å². The highest BCUT2D eigenvalue weighted by molar-refractivity contribution is 6.30. The molecule has 31 heavy (non-hydrogen) atoms. The van der Waals surface area contributed by atoms with Gasteiger partial charge < -0.3 is 9.80 Å². The smallest absolute Gasteiger partial charge is 0.225 e. The zero-order chi connectivity index (χ0) is 21.4. The number of pyridine rings is 1. The van der Waals surface area contributed by atoms with E-state index >= 15 is 0 Å². The molecule has 3 aromatic rings. The van der Waals surface area contributed by atoms with Crippen LogP contribution in [0.1, 0.15) is 39.6 Å². The molecule has 0 N–H and O–H groups in total. The summed E-state index contributed by atoms with van der Waals surface area (Å²) in [4.78, 5) is 31.4. The summed E-state index contributed by atoms with van der Waals surface area (Å²) in [6.07, 6.45) is 3.06. The number of nitrogens with zero attached hydrogens (tertiary/aromatic N) is 5. The number of ketones is 1. The van der Waals surface area contributed by atoms with E-state index in [9.17, 15) is 4.79 Å².